The third-order valence-corrected chi connectivity index (χ3v) is 5.37. The van der Waals surface area contributed by atoms with Gasteiger partial charge in [-0.15, -0.1) is 11.6 Å². The highest BCUT2D eigenvalue weighted by atomic mass is 35.5. The van der Waals surface area contributed by atoms with Crippen LogP contribution < -0.4 is 10.9 Å². The van der Waals surface area contributed by atoms with Crippen molar-refractivity contribution in [1.82, 2.24) is 15.8 Å². The van der Waals surface area contributed by atoms with Gasteiger partial charge in [-0.25, -0.2) is 5.43 Å². The Hall–Kier alpha value is -0.360. The second kappa shape index (κ2) is 6.60. The van der Waals surface area contributed by atoms with E-state index in [2.05, 4.69) is 15.8 Å². The minimum atomic E-state index is -0.471. The average Bonchev–Trinajstić information content (AvgIpc) is 2.51. The average molecular weight is 302 g/mol. The maximum atomic E-state index is 11.7. The number of rotatable bonds is 2. The summed E-state index contributed by atoms with van der Waals surface area (Å²) in [5.41, 5.74) is 5.54. The molecule has 2 saturated heterocycles. The zero-order valence-corrected chi connectivity index (χ0v) is 12.6. The van der Waals surface area contributed by atoms with Gasteiger partial charge in [-0.2, -0.15) is 0 Å². The second-order valence-corrected chi connectivity index (χ2v) is 6.61. The summed E-state index contributed by atoms with van der Waals surface area (Å²) in [6.45, 7) is 3.24. The van der Waals surface area contributed by atoms with Gasteiger partial charge in [-0.3, -0.25) is 15.1 Å². The van der Waals surface area contributed by atoms with E-state index < -0.39 is 5.38 Å². The summed E-state index contributed by atoms with van der Waals surface area (Å²) in [4.78, 5) is 14.0. The van der Waals surface area contributed by atoms with Gasteiger partial charge in [0, 0.05) is 25.7 Å². The largest absolute Gasteiger partial charge is 0.375 e. The van der Waals surface area contributed by atoms with E-state index in [9.17, 15) is 4.79 Å². The Bertz CT molecular complexity index is 349. The van der Waals surface area contributed by atoms with E-state index in [1.807, 2.05) is 0 Å². The fourth-order valence-electron chi connectivity index (χ4n) is 3.69. The Kier molecular flexibility index (Phi) is 4.81. The van der Waals surface area contributed by atoms with Crippen LogP contribution in [0.1, 0.15) is 32.1 Å². The normalized spacial score (nSPS) is 37.6. The molecule has 3 atom stereocenters. The van der Waals surface area contributed by atoms with Crippen LogP contribution in [0.25, 0.3) is 0 Å². The van der Waals surface area contributed by atoms with E-state index in [4.69, 9.17) is 16.3 Å². The van der Waals surface area contributed by atoms with Crippen molar-refractivity contribution in [3.63, 3.8) is 0 Å². The number of hydrazine groups is 1. The zero-order valence-electron chi connectivity index (χ0n) is 11.8. The molecule has 6 heteroatoms. The summed E-state index contributed by atoms with van der Waals surface area (Å²) in [5, 5.41) is -0.471. The Morgan fingerprint density at radius 2 is 2.05 bits per heavy atom. The lowest BCUT2D eigenvalue weighted by Crippen LogP contribution is -2.64. The van der Waals surface area contributed by atoms with Gasteiger partial charge in [0.15, 0.2) is 0 Å². The van der Waals surface area contributed by atoms with Crippen molar-refractivity contribution < 1.29 is 9.53 Å². The third kappa shape index (κ3) is 3.11. The van der Waals surface area contributed by atoms with Crippen LogP contribution in [0.15, 0.2) is 0 Å². The fraction of sp³-hybridized carbons (Fsp3) is 0.929. The molecule has 1 aliphatic carbocycles. The molecular formula is C14H24ClN3O2. The van der Waals surface area contributed by atoms with Crippen molar-refractivity contribution in [3.05, 3.63) is 0 Å². The summed E-state index contributed by atoms with van der Waals surface area (Å²) in [5.74, 6) is 0.564. The smallest absolute Gasteiger partial charge is 0.253 e. The number of amides is 1. The maximum Gasteiger partial charge on any atom is 0.253 e. The third-order valence-electron chi connectivity index (χ3n) is 4.88. The highest BCUT2D eigenvalue weighted by Crippen LogP contribution is 2.30. The first-order valence-corrected chi connectivity index (χ1v) is 8.22. The van der Waals surface area contributed by atoms with Crippen LogP contribution in [0.5, 0.6) is 0 Å². The highest BCUT2D eigenvalue weighted by Gasteiger charge is 2.38. The Morgan fingerprint density at radius 3 is 2.85 bits per heavy atom. The van der Waals surface area contributed by atoms with Gasteiger partial charge in [0.1, 0.15) is 5.38 Å². The summed E-state index contributed by atoms with van der Waals surface area (Å²) in [6.07, 6.45) is 6.91. The molecule has 20 heavy (non-hydrogen) atoms. The van der Waals surface area contributed by atoms with Crippen LogP contribution in [0, 0.1) is 5.92 Å². The monoisotopic (exact) mass is 301 g/mol. The Morgan fingerprint density at radius 1 is 1.25 bits per heavy atom. The summed E-state index contributed by atoms with van der Waals surface area (Å²) >= 11 is 6.27. The molecule has 2 N–H and O–H groups in total. The number of hydrogen-bond acceptors (Lipinski definition) is 4. The molecule has 1 saturated carbocycles. The zero-order chi connectivity index (χ0) is 13.9. The number of nitrogens with zero attached hydrogens (tertiary/aromatic N) is 1. The van der Waals surface area contributed by atoms with Gasteiger partial charge in [-0.1, -0.05) is 19.3 Å². The van der Waals surface area contributed by atoms with Gasteiger partial charge < -0.3 is 4.74 Å². The van der Waals surface area contributed by atoms with Crippen LogP contribution >= 0.6 is 11.6 Å². The molecule has 1 amide bonds. The predicted molar refractivity (Wildman–Crippen MR) is 77.5 cm³/mol. The number of alkyl halides is 1. The van der Waals surface area contributed by atoms with Crippen LogP contribution in [-0.2, 0) is 9.53 Å². The van der Waals surface area contributed by atoms with E-state index in [-0.39, 0.29) is 11.9 Å². The molecule has 0 aromatic carbocycles. The number of carbonyl (C=O) groups excluding carboxylic acids is 1. The standard InChI is InChI=1S/C14H24ClN3O2/c15-13-11(8-16-17-14(13)19)18-6-7-20-12(9-18)10-4-2-1-3-5-10/h10-13,16H,1-9H2,(H,17,19). The molecule has 0 aromatic heterocycles. The first kappa shape index (κ1) is 14.6. The molecule has 0 aromatic rings. The lowest BCUT2D eigenvalue weighted by molar-refractivity contribution is -0.127. The first-order chi connectivity index (χ1) is 9.75. The van der Waals surface area contributed by atoms with E-state index in [0.29, 0.717) is 18.6 Å². The lowest BCUT2D eigenvalue weighted by atomic mass is 9.84. The maximum absolute atomic E-state index is 11.7. The SMILES string of the molecule is O=C1NNCC(N2CCOC(C3CCCCC3)C2)C1Cl. The minimum absolute atomic E-state index is 0.0698. The minimum Gasteiger partial charge on any atom is -0.375 e. The van der Waals surface area contributed by atoms with Crippen molar-refractivity contribution in [2.24, 2.45) is 5.92 Å². The molecule has 114 valence electrons. The van der Waals surface area contributed by atoms with Gasteiger partial charge >= 0.3 is 0 Å². The van der Waals surface area contributed by atoms with Crippen molar-refractivity contribution in [1.29, 1.82) is 0 Å². The number of ether oxygens (including phenoxy) is 1. The van der Waals surface area contributed by atoms with Crippen LogP contribution in [0.4, 0.5) is 0 Å². The summed E-state index contributed by atoms with van der Waals surface area (Å²) < 4.78 is 5.99. The van der Waals surface area contributed by atoms with Gasteiger partial charge in [0.25, 0.3) is 5.91 Å². The van der Waals surface area contributed by atoms with E-state index in [1.165, 1.54) is 32.1 Å². The van der Waals surface area contributed by atoms with Gasteiger partial charge in [0.2, 0.25) is 0 Å². The second-order valence-electron chi connectivity index (χ2n) is 6.14. The molecular weight excluding hydrogens is 278 g/mol. The number of hydrogen-bond donors (Lipinski definition) is 2. The Balaban J connectivity index is 1.60. The van der Waals surface area contributed by atoms with E-state index >= 15 is 0 Å². The number of morpholine rings is 1. The first-order valence-electron chi connectivity index (χ1n) is 7.78. The van der Waals surface area contributed by atoms with Crippen molar-refractivity contribution in [3.8, 4) is 0 Å². The van der Waals surface area contributed by atoms with Crippen molar-refractivity contribution >= 4 is 17.5 Å². The molecule has 2 heterocycles. The predicted octanol–water partition coefficient (Wildman–Crippen LogP) is 0.878. The van der Waals surface area contributed by atoms with Crippen LogP contribution in [0.3, 0.4) is 0 Å². The van der Waals surface area contributed by atoms with Gasteiger partial charge in [0.05, 0.1) is 12.7 Å². The Labute approximate surface area is 125 Å². The molecule has 5 nitrogen and oxygen atoms in total. The molecule has 3 fully saturated rings. The number of halogens is 1. The van der Waals surface area contributed by atoms with Crippen LogP contribution in [-0.4, -0.2) is 54.6 Å². The van der Waals surface area contributed by atoms with Gasteiger partial charge in [-0.05, 0) is 18.8 Å². The van der Waals surface area contributed by atoms with E-state index in [0.717, 1.165) is 19.7 Å². The fourth-order valence-corrected chi connectivity index (χ4v) is 4.00. The molecule has 0 spiro atoms. The van der Waals surface area contributed by atoms with E-state index in [1.54, 1.807) is 0 Å². The van der Waals surface area contributed by atoms with Crippen molar-refractivity contribution in [2.75, 3.05) is 26.2 Å². The quantitative estimate of drug-likeness (QED) is 0.744. The summed E-state index contributed by atoms with van der Waals surface area (Å²) in [6, 6.07) is 0.0698. The topological polar surface area (TPSA) is 53.6 Å². The van der Waals surface area contributed by atoms with Crippen molar-refractivity contribution in [2.45, 2.75) is 49.6 Å². The number of nitrogens with one attached hydrogen (secondary N) is 2. The highest BCUT2D eigenvalue weighted by molar-refractivity contribution is 6.31. The lowest BCUT2D eigenvalue weighted by Gasteiger charge is -2.44. The molecule has 3 aliphatic rings. The molecule has 0 bridgehead atoms. The molecule has 0 radical (unpaired) electrons. The summed E-state index contributed by atoms with van der Waals surface area (Å²) in [7, 11) is 0. The molecule has 3 rings (SSSR count). The molecule has 3 unspecified atom stereocenters. The number of carbonyl (C=O) groups is 1. The molecule has 2 aliphatic heterocycles. The van der Waals surface area contributed by atoms with Crippen LogP contribution in [0.2, 0.25) is 0 Å².